The number of likely N-dealkylation sites (tertiary alicyclic amines) is 1. The third kappa shape index (κ3) is 3.07. The summed E-state index contributed by atoms with van der Waals surface area (Å²) in [6, 6.07) is 0.387. The maximum absolute atomic E-state index is 12.7. The van der Waals surface area contributed by atoms with E-state index >= 15 is 0 Å². The molecule has 3 aliphatic rings. The van der Waals surface area contributed by atoms with Crippen LogP contribution in [0, 0.1) is 0 Å². The number of hydrogen-bond donors (Lipinski definition) is 0. The van der Waals surface area contributed by atoms with Crippen LogP contribution in [0.15, 0.2) is 0 Å². The first-order valence-corrected chi connectivity index (χ1v) is 9.24. The number of amides is 1. The lowest BCUT2D eigenvalue weighted by Crippen LogP contribution is -2.51. The van der Waals surface area contributed by atoms with E-state index in [1.165, 1.54) is 24.2 Å². The largest absolute Gasteiger partial charge is 0.366 e. The topological polar surface area (TPSA) is 63.5 Å². The normalized spacial score (nSPS) is 26.4. The molecular weight excluding hydrogens is 306 g/mol. The summed E-state index contributed by atoms with van der Waals surface area (Å²) in [5.74, 6) is 0.153. The van der Waals surface area contributed by atoms with Gasteiger partial charge in [0.1, 0.15) is 6.10 Å². The molecule has 0 saturated carbocycles. The zero-order valence-corrected chi connectivity index (χ0v) is 14.5. The van der Waals surface area contributed by atoms with Gasteiger partial charge in [0.15, 0.2) is 0 Å². The molecule has 1 atom stereocenters. The Morgan fingerprint density at radius 1 is 1.17 bits per heavy atom. The number of nitrogens with zero attached hydrogens (tertiary/aromatic N) is 5. The van der Waals surface area contributed by atoms with Crippen molar-refractivity contribution >= 4 is 5.91 Å². The van der Waals surface area contributed by atoms with E-state index in [4.69, 9.17) is 4.74 Å². The number of rotatable bonds is 2. The Kier molecular flexibility index (Phi) is 4.54. The Hall–Kier alpha value is -1.47. The molecule has 2 saturated heterocycles. The first-order valence-electron chi connectivity index (χ1n) is 9.24. The van der Waals surface area contributed by atoms with E-state index < -0.39 is 0 Å². The second kappa shape index (κ2) is 6.80. The average molecular weight is 333 g/mol. The van der Waals surface area contributed by atoms with E-state index in [1.54, 1.807) is 0 Å². The van der Waals surface area contributed by atoms with Gasteiger partial charge in [-0.2, -0.15) is 0 Å². The molecule has 0 bridgehead atoms. The average Bonchev–Trinajstić information content (AvgIpc) is 3.05. The second-order valence-corrected chi connectivity index (χ2v) is 7.31. The van der Waals surface area contributed by atoms with E-state index in [2.05, 4.69) is 19.9 Å². The first-order chi connectivity index (χ1) is 11.7. The minimum absolute atomic E-state index is 0.153. The van der Waals surface area contributed by atoms with Crippen LogP contribution in [-0.4, -0.2) is 76.6 Å². The van der Waals surface area contributed by atoms with Gasteiger partial charge in [0, 0.05) is 26.2 Å². The van der Waals surface area contributed by atoms with Gasteiger partial charge in [-0.05, 0) is 45.6 Å². The van der Waals surface area contributed by atoms with Crippen molar-refractivity contribution in [1.82, 2.24) is 24.8 Å². The smallest absolute Gasteiger partial charge is 0.253 e. The zero-order valence-electron chi connectivity index (χ0n) is 14.5. The van der Waals surface area contributed by atoms with Crippen LogP contribution in [0.1, 0.15) is 43.1 Å². The van der Waals surface area contributed by atoms with Gasteiger partial charge in [-0.25, -0.2) is 4.68 Å². The van der Waals surface area contributed by atoms with Crippen molar-refractivity contribution in [2.24, 2.45) is 0 Å². The van der Waals surface area contributed by atoms with E-state index in [0.29, 0.717) is 19.2 Å². The summed E-state index contributed by atoms with van der Waals surface area (Å²) in [7, 11) is 2.04. The zero-order chi connectivity index (χ0) is 16.5. The summed E-state index contributed by atoms with van der Waals surface area (Å²) in [6.45, 7) is 3.84. The molecule has 1 unspecified atom stereocenters. The summed E-state index contributed by atoms with van der Waals surface area (Å²) < 4.78 is 7.83. The minimum Gasteiger partial charge on any atom is -0.366 e. The molecule has 7 nitrogen and oxygen atoms in total. The van der Waals surface area contributed by atoms with Crippen LogP contribution in [0.4, 0.5) is 0 Å². The molecule has 4 rings (SSSR count). The van der Waals surface area contributed by atoms with Crippen LogP contribution in [-0.2, 0) is 22.4 Å². The van der Waals surface area contributed by atoms with Gasteiger partial charge >= 0.3 is 0 Å². The molecule has 7 heteroatoms. The fourth-order valence-corrected chi connectivity index (χ4v) is 4.14. The number of carbonyl (C=O) groups excluding carboxylic acids is 1. The third-order valence-electron chi connectivity index (χ3n) is 5.62. The maximum Gasteiger partial charge on any atom is 0.253 e. The van der Waals surface area contributed by atoms with Crippen LogP contribution in [0.3, 0.4) is 0 Å². The standard InChI is InChI=1S/C17H27N5O2/c1-20-10-11-24-16(12-20)17(23)21-8-6-13(7-9-21)22-15-5-3-2-4-14(15)18-19-22/h13,16H,2-12H2,1H3. The van der Waals surface area contributed by atoms with E-state index in [9.17, 15) is 4.79 Å². The summed E-state index contributed by atoms with van der Waals surface area (Å²) in [5.41, 5.74) is 2.53. The fourth-order valence-electron chi connectivity index (χ4n) is 4.14. The van der Waals surface area contributed by atoms with E-state index in [1.807, 2.05) is 11.9 Å². The molecule has 3 heterocycles. The van der Waals surface area contributed by atoms with Gasteiger partial charge < -0.3 is 14.5 Å². The highest BCUT2D eigenvalue weighted by atomic mass is 16.5. The Bertz CT molecular complexity index is 594. The Morgan fingerprint density at radius 3 is 2.75 bits per heavy atom. The van der Waals surface area contributed by atoms with Crippen molar-refractivity contribution in [2.75, 3.05) is 39.8 Å². The summed E-state index contributed by atoms with van der Waals surface area (Å²) in [6.07, 6.45) is 6.27. The number of ether oxygens (including phenoxy) is 1. The quantitative estimate of drug-likeness (QED) is 0.795. The lowest BCUT2D eigenvalue weighted by Gasteiger charge is -2.37. The summed E-state index contributed by atoms with van der Waals surface area (Å²) >= 11 is 0. The molecule has 1 amide bonds. The van der Waals surface area contributed by atoms with Crippen molar-refractivity contribution < 1.29 is 9.53 Å². The first kappa shape index (κ1) is 16.0. The monoisotopic (exact) mass is 333 g/mol. The molecule has 0 radical (unpaired) electrons. The number of aryl methyl sites for hydroxylation is 1. The highest BCUT2D eigenvalue weighted by Crippen LogP contribution is 2.28. The van der Waals surface area contributed by atoms with Gasteiger partial charge in [-0.3, -0.25) is 4.79 Å². The molecule has 1 aliphatic carbocycles. The number of aromatic nitrogens is 3. The highest BCUT2D eigenvalue weighted by molar-refractivity contribution is 5.81. The summed E-state index contributed by atoms with van der Waals surface area (Å²) in [5, 5.41) is 8.80. The minimum atomic E-state index is -0.292. The van der Waals surface area contributed by atoms with Crippen LogP contribution >= 0.6 is 0 Å². The summed E-state index contributed by atoms with van der Waals surface area (Å²) in [4.78, 5) is 16.8. The molecule has 0 aromatic carbocycles. The Morgan fingerprint density at radius 2 is 1.96 bits per heavy atom. The molecule has 1 aromatic heterocycles. The second-order valence-electron chi connectivity index (χ2n) is 7.31. The number of piperidine rings is 1. The SMILES string of the molecule is CN1CCOC(C(=O)N2CCC(n3nnc4c3CCCC4)CC2)C1. The lowest BCUT2D eigenvalue weighted by atomic mass is 9.99. The van der Waals surface area contributed by atoms with Crippen LogP contribution in [0.25, 0.3) is 0 Å². The van der Waals surface area contributed by atoms with Crippen molar-refractivity contribution in [3.63, 3.8) is 0 Å². The predicted octanol–water partition coefficient (Wildman–Crippen LogP) is 0.651. The van der Waals surface area contributed by atoms with Gasteiger partial charge in [-0.1, -0.05) is 5.21 Å². The Labute approximate surface area is 142 Å². The number of likely N-dealkylation sites (N-methyl/N-ethyl adjacent to an activating group) is 1. The molecular formula is C17H27N5O2. The molecule has 2 aliphatic heterocycles. The predicted molar refractivity (Wildman–Crippen MR) is 88.8 cm³/mol. The van der Waals surface area contributed by atoms with E-state index in [0.717, 1.165) is 45.3 Å². The van der Waals surface area contributed by atoms with Gasteiger partial charge in [-0.15, -0.1) is 5.10 Å². The van der Waals surface area contributed by atoms with E-state index in [-0.39, 0.29) is 12.0 Å². The van der Waals surface area contributed by atoms with Crippen LogP contribution < -0.4 is 0 Å². The number of carbonyl (C=O) groups is 1. The molecule has 0 spiro atoms. The van der Waals surface area contributed by atoms with Crippen LogP contribution in [0.5, 0.6) is 0 Å². The number of hydrogen-bond acceptors (Lipinski definition) is 5. The number of fused-ring (bicyclic) bond motifs is 1. The van der Waals surface area contributed by atoms with Crippen LogP contribution in [0.2, 0.25) is 0 Å². The molecule has 132 valence electrons. The molecule has 0 N–H and O–H groups in total. The van der Waals surface area contributed by atoms with Gasteiger partial charge in [0.2, 0.25) is 0 Å². The lowest BCUT2D eigenvalue weighted by molar-refractivity contribution is -0.150. The van der Waals surface area contributed by atoms with Crippen molar-refractivity contribution in [1.29, 1.82) is 0 Å². The Balaban J connectivity index is 1.36. The maximum atomic E-state index is 12.7. The van der Waals surface area contributed by atoms with Gasteiger partial charge in [0.25, 0.3) is 5.91 Å². The van der Waals surface area contributed by atoms with Gasteiger partial charge in [0.05, 0.1) is 24.0 Å². The highest BCUT2D eigenvalue weighted by Gasteiger charge is 2.33. The van der Waals surface area contributed by atoms with Crippen molar-refractivity contribution in [3.05, 3.63) is 11.4 Å². The molecule has 24 heavy (non-hydrogen) atoms. The third-order valence-corrected chi connectivity index (χ3v) is 5.62. The van der Waals surface area contributed by atoms with Crippen molar-refractivity contribution in [3.8, 4) is 0 Å². The van der Waals surface area contributed by atoms with Crippen molar-refractivity contribution in [2.45, 2.75) is 50.7 Å². The molecule has 2 fully saturated rings. The molecule has 1 aromatic rings. The number of morpholine rings is 1. The fraction of sp³-hybridized carbons (Fsp3) is 0.824.